The van der Waals surface area contributed by atoms with Crippen LogP contribution in [0.3, 0.4) is 0 Å². The highest BCUT2D eigenvalue weighted by atomic mass is 32.2. The lowest BCUT2D eigenvalue weighted by Crippen LogP contribution is -2.28. The highest BCUT2D eigenvalue weighted by molar-refractivity contribution is 7.99. The normalized spacial score (nSPS) is 25.4. The second kappa shape index (κ2) is 4.59. The smallest absolute Gasteiger partial charge is 0.260 e. The van der Waals surface area contributed by atoms with Gasteiger partial charge in [0.15, 0.2) is 11.4 Å². The van der Waals surface area contributed by atoms with Gasteiger partial charge in [-0.15, -0.1) is 11.8 Å². The Bertz CT molecular complexity index is 380. The van der Waals surface area contributed by atoms with E-state index in [0.717, 1.165) is 6.54 Å². The predicted molar refractivity (Wildman–Crippen MR) is 66.7 cm³/mol. The van der Waals surface area contributed by atoms with Crippen LogP contribution in [0.2, 0.25) is 0 Å². The average Bonchev–Trinajstić information content (AvgIpc) is 2.83. The summed E-state index contributed by atoms with van der Waals surface area (Å²) < 4.78 is 5.33. The van der Waals surface area contributed by atoms with E-state index in [1.807, 2.05) is 0 Å². The summed E-state index contributed by atoms with van der Waals surface area (Å²) in [6.07, 6.45) is 0.626. The number of rotatable bonds is 3. The van der Waals surface area contributed by atoms with Crippen molar-refractivity contribution < 1.29 is 9.63 Å². The third-order valence-electron chi connectivity index (χ3n) is 2.63. The van der Waals surface area contributed by atoms with E-state index < -0.39 is 5.60 Å². The van der Waals surface area contributed by atoms with Crippen molar-refractivity contribution in [2.24, 2.45) is 0 Å². The third-order valence-corrected chi connectivity index (χ3v) is 3.90. The molecule has 1 atom stereocenters. The third kappa shape index (κ3) is 3.20. The molecule has 1 aromatic rings. The Kier molecular flexibility index (Phi) is 3.47. The Morgan fingerprint density at radius 2 is 2.29 bits per heavy atom. The number of hydrogen-bond acceptors (Lipinski definition) is 6. The van der Waals surface area contributed by atoms with Crippen LogP contribution in [-0.4, -0.2) is 33.1 Å². The van der Waals surface area contributed by atoms with Crippen molar-refractivity contribution >= 4 is 11.8 Å². The maximum Gasteiger partial charge on any atom is 0.260 e. The van der Waals surface area contributed by atoms with Crippen LogP contribution in [0.5, 0.6) is 0 Å². The number of nitrogens with one attached hydrogen (secondary N) is 1. The first-order chi connectivity index (χ1) is 7.89. The SMILES string of the molecule is CC(C)(C)SCc1noc(C2(O)CCNC2)n1. The fraction of sp³-hybridized carbons (Fsp3) is 0.818. The molecule has 2 heterocycles. The first-order valence-corrected chi connectivity index (χ1v) is 6.78. The molecule has 5 nitrogen and oxygen atoms in total. The molecule has 0 bridgehead atoms. The maximum absolute atomic E-state index is 10.2. The molecule has 1 aromatic heterocycles. The minimum atomic E-state index is -0.975. The van der Waals surface area contributed by atoms with Crippen LogP contribution in [0.25, 0.3) is 0 Å². The molecular formula is C11H19N3O2S. The van der Waals surface area contributed by atoms with Gasteiger partial charge in [-0.1, -0.05) is 25.9 Å². The van der Waals surface area contributed by atoms with Crippen molar-refractivity contribution in [2.75, 3.05) is 13.1 Å². The summed E-state index contributed by atoms with van der Waals surface area (Å²) >= 11 is 1.76. The Morgan fingerprint density at radius 1 is 1.53 bits per heavy atom. The highest BCUT2D eigenvalue weighted by Crippen LogP contribution is 2.29. The van der Waals surface area contributed by atoms with Crippen LogP contribution in [-0.2, 0) is 11.4 Å². The standard InChI is InChI=1S/C11H19N3O2S/c1-10(2,3)17-6-8-13-9(16-14-8)11(15)4-5-12-7-11/h12,15H,4-7H2,1-3H3. The molecule has 96 valence electrons. The molecular weight excluding hydrogens is 238 g/mol. The van der Waals surface area contributed by atoms with Gasteiger partial charge in [-0.05, 0) is 13.0 Å². The zero-order chi connectivity index (χ0) is 12.5. The first kappa shape index (κ1) is 12.9. The van der Waals surface area contributed by atoms with E-state index in [1.165, 1.54) is 0 Å². The van der Waals surface area contributed by atoms with Crippen LogP contribution in [0.15, 0.2) is 4.52 Å². The lowest BCUT2D eigenvalue weighted by atomic mass is 10.0. The summed E-state index contributed by atoms with van der Waals surface area (Å²) in [6.45, 7) is 7.71. The highest BCUT2D eigenvalue weighted by Gasteiger charge is 2.38. The van der Waals surface area contributed by atoms with E-state index >= 15 is 0 Å². The van der Waals surface area contributed by atoms with Gasteiger partial charge in [-0.3, -0.25) is 0 Å². The molecule has 1 fully saturated rings. The minimum absolute atomic E-state index is 0.173. The molecule has 1 aliphatic rings. The van der Waals surface area contributed by atoms with Crippen LogP contribution < -0.4 is 5.32 Å². The van der Waals surface area contributed by atoms with Crippen molar-refractivity contribution in [3.8, 4) is 0 Å². The van der Waals surface area contributed by atoms with Crippen LogP contribution >= 0.6 is 11.8 Å². The van der Waals surface area contributed by atoms with E-state index in [-0.39, 0.29) is 4.75 Å². The van der Waals surface area contributed by atoms with Gasteiger partial charge in [0, 0.05) is 11.3 Å². The van der Waals surface area contributed by atoms with Gasteiger partial charge in [0.2, 0.25) is 0 Å². The van der Waals surface area contributed by atoms with Crippen LogP contribution in [0.1, 0.15) is 38.9 Å². The van der Waals surface area contributed by atoms with E-state index in [0.29, 0.717) is 30.4 Å². The van der Waals surface area contributed by atoms with Gasteiger partial charge in [-0.2, -0.15) is 4.98 Å². The van der Waals surface area contributed by atoms with Gasteiger partial charge in [0.25, 0.3) is 5.89 Å². The summed E-state index contributed by atoms with van der Waals surface area (Å²) in [5.74, 6) is 1.70. The summed E-state index contributed by atoms with van der Waals surface area (Å²) in [4.78, 5) is 4.28. The van der Waals surface area contributed by atoms with E-state index in [9.17, 15) is 5.11 Å². The molecule has 1 aliphatic heterocycles. The second-order valence-electron chi connectivity index (χ2n) is 5.38. The van der Waals surface area contributed by atoms with Crippen molar-refractivity contribution in [3.05, 3.63) is 11.7 Å². The summed E-state index contributed by atoms with van der Waals surface area (Å²) in [6, 6.07) is 0. The van der Waals surface area contributed by atoms with Crippen molar-refractivity contribution in [1.29, 1.82) is 0 Å². The number of aromatic nitrogens is 2. The molecule has 0 aromatic carbocycles. The average molecular weight is 257 g/mol. The topological polar surface area (TPSA) is 71.2 Å². The van der Waals surface area contributed by atoms with Gasteiger partial charge in [0.1, 0.15) is 0 Å². The Morgan fingerprint density at radius 3 is 2.88 bits per heavy atom. The quantitative estimate of drug-likeness (QED) is 0.850. The van der Waals surface area contributed by atoms with Crippen molar-refractivity contribution in [1.82, 2.24) is 15.5 Å². The largest absolute Gasteiger partial charge is 0.379 e. The van der Waals surface area contributed by atoms with E-state index in [2.05, 4.69) is 36.2 Å². The summed E-state index contributed by atoms with van der Waals surface area (Å²) in [5, 5.41) is 17.2. The lowest BCUT2D eigenvalue weighted by Gasteiger charge is -2.16. The van der Waals surface area contributed by atoms with Crippen LogP contribution in [0, 0.1) is 0 Å². The number of hydrogen-bond donors (Lipinski definition) is 2. The van der Waals surface area contributed by atoms with Gasteiger partial charge in [-0.25, -0.2) is 0 Å². The molecule has 2 N–H and O–H groups in total. The molecule has 6 heteroatoms. The maximum atomic E-state index is 10.2. The second-order valence-corrected chi connectivity index (χ2v) is 7.18. The molecule has 1 unspecified atom stereocenters. The van der Waals surface area contributed by atoms with E-state index in [4.69, 9.17) is 4.52 Å². The number of β-amino-alcohol motifs (C(OH)–C–C–N with tert-alkyl or cyclic N) is 1. The fourth-order valence-corrected chi connectivity index (χ4v) is 2.32. The van der Waals surface area contributed by atoms with Crippen LogP contribution in [0.4, 0.5) is 0 Å². The summed E-state index contributed by atoms with van der Waals surface area (Å²) in [5.41, 5.74) is -0.975. The van der Waals surface area contributed by atoms with Crippen molar-refractivity contribution in [2.45, 2.75) is 43.3 Å². The zero-order valence-corrected chi connectivity index (χ0v) is 11.3. The molecule has 0 spiro atoms. The predicted octanol–water partition coefficient (Wildman–Crippen LogP) is 1.28. The van der Waals surface area contributed by atoms with Gasteiger partial charge < -0.3 is 14.9 Å². The number of nitrogens with zero attached hydrogens (tertiary/aromatic N) is 2. The van der Waals surface area contributed by atoms with Gasteiger partial charge >= 0.3 is 0 Å². The lowest BCUT2D eigenvalue weighted by molar-refractivity contribution is 0.0243. The Hall–Kier alpha value is -0.590. The number of aliphatic hydroxyl groups is 1. The Labute approximate surface area is 105 Å². The molecule has 0 aliphatic carbocycles. The van der Waals surface area contributed by atoms with Gasteiger partial charge in [0.05, 0.1) is 5.75 Å². The van der Waals surface area contributed by atoms with Crippen molar-refractivity contribution in [3.63, 3.8) is 0 Å². The molecule has 0 amide bonds. The van der Waals surface area contributed by atoms with E-state index in [1.54, 1.807) is 11.8 Å². The zero-order valence-electron chi connectivity index (χ0n) is 10.5. The first-order valence-electron chi connectivity index (χ1n) is 5.79. The molecule has 1 saturated heterocycles. The Balaban J connectivity index is 2.01. The molecule has 0 radical (unpaired) electrons. The minimum Gasteiger partial charge on any atom is -0.379 e. The number of thioether (sulfide) groups is 1. The monoisotopic (exact) mass is 257 g/mol. The summed E-state index contributed by atoms with van der Waals surface area (Å²) in [7, 11) is 0. The fourth-order valence-electron chi connectivity index (χ4n) is 1.64. The molecule has 2 rings (SSSR count). The molecule has 17 heavy (non-hydrogen) atoms. The molecule has 0 saturated carbocycles.